The molecule has 33 heavy (non-hydrogen) atoms. The maximum Gasteiger partial charge on any atom is 0.244 e. The van der Waals surface area contributed by atoms with Gasteiger partial charge in [0, 0.05) is 33.7 Å². The van der Waals surface area contributed by atoms with E-state index in [1.165, 1.54) is 29.2 Å². The maximum atomic E-state index is 13.4. The molecule has 0 bridgehead atoms. The van der Waals surface area contributed by atoms with Crippen LogP contribution in [0.1, 0.15) is 25.8 Å². The lowest BCUT2D eigenvalue weighted by Gasteiger charge is -2.32. The summed E-state index contributed by atoms with van der Waals surface area (Å²) in [4.78, 5) is 27.4. The van der Waals surface area contributed by atoms with Crippen LogP contribution in [-0.2, 0) is 26.2 Å². The molecule has 0 spiro atoms. The number of carbonyl (C=O) groups excluding carboxylic acids is 2. The molecule has 2 aromatic carbocycles. The lowest BCUT2D eigenvalue weighted by atomic mass is 10.1. The van der Waals surface area contributed by atoms with Gasteiger partial charge in [0.1, 0.15) is 12.6 Å². The maximum absolute atomic E-state index is 13.4. The summed E-state index contributed by atoms with van der Waals surface area (Å²) in [7, 11) is -3.82. The molecule has 7 nitrogen and oxygen atoms in total. The number of nitrogens with one attached hydrogen (secondary N) is 1. The molecule has 180 valence electrons. The first-order chi connectivity index (χ1) is 15.5. The third kappa shape index (κ3) is 7.50. The molecular formula is C22H26Cl3N3O4S. The van der Waals surface area contributed by atoms with Gasteiger partial charge in [0.05, 0.1) is 11.9 Å². The van der Waals surface area contributed by atoms with E-state index in [2.05, 4.69) is 5.32 Å². The van der Waals surface area contributed by atoms with Gasteiger partial charge in [-0.1, -0.05) is 47.8 Å². The summed E-state index contributed by atoms with van der Waals surface area (Å²) in [6, 6.07) is 10.1. The molecule has 2 aromatic rings. The first-order valence-electron chi connectivity index (χ1n) is 10.2. The van der Waals surface area contributed by atoms with Gasteiger partial charge in [-0.05, 0) is 49.7 Å². The Bertz CT molecular complexity index is 1070. The SMILES string of the molecule is CCCNC(=O)[C@H](C)N(Cc1c(Cl)cccc1Cl)C(=O)CN(c1ccc(Cl)cc1)S(C)(=O)=O. The van der Waals surface area contributed by atoms with Crippen LogP contribution in [0.25, 0.3) is 0 Å². The van der Waals surface area contributed by atoms with Crippen molar-refractivity contribution in [2.75, 3.05) is 23.7 Å². The van der Waals surface area contributed by atoms with E-state index in [1.807, 2.05) is 6.92 Å². The average Bonchev–Trinajstić information content (AvgIpc) is 2.75. The van der Waals surface area contributed by atoms with E-state index in [4.69, 9.17) is 34.8 Å². The Morgan fingerprint density at radius 2 is 1.61 bits per heavy atom. The van der Waals surface area contributed by atoms with Crippen molar-refractivity contribution in [1.82, 2.24) is 10.2 Å². The molecule has 0 fully saturated rings. The summed E-state index contributed by atoms with van der Waals surface area (Å²) in [5.74, 6) is -0.962. The van der Waals surface area contributed by atoms with E-state index in [9.17, 15) is 18.0 Å². The summed E-state index contributed by atoms with van der Waals surface area (Å²) in [5, 5.41) is 3.85. The first-order valence-corrected chi connectivity index (χ1v) is 13.2. The first kappa shape index (κ1) is 27.2. The van der Waals surface area contributed by atoms with Gasteiger partial charge in [0.25, 0.3) is 0 Å². The Kier molecular flexibility index (Phi) is 9.84. The van der Waals surface area contributed by atoms with E-state index in [0.717, 1.165) is 17.0 Å². The van der Waals surface area contributed by atoms with Crippen LogP contribution in [0.5, 0.6) is 0 Å². The lowest BCUT2D eigenvalue weighted by molar-refractivity contribution is -0.139. The van der Waals surface area contributed by atoms with E-state index in [0.29, 0.717) is 27.2 Å². The zero-order chi connectivity index (χ0) is 24.8. The van der Waals surface area contributed by atoms with Crippen molar-refractivity contribution in [2.45, 2.75) is 32.9 Å². The Morgan fingerprint density at radius 3 is 2.12 bits per heavy atom. The monoisotopic (exact) mass is 533 g/mol. The number of sulfonamides is 1. The van der Waals surface area contributed by atoms with Crippen LogP contribution in [-0.4, -0.2) is 50.5 Å². The number of hydrogen-bond acceptors (Lipinski definition) is 4. The predicted molar refractivity (Wildman–Crippen MR) is 133 cm³/mol. The zero-order valence-corrected chi connectivity index (χ0v) is 21.6. The summed E-state index contributed by atoms with van der Waals surface area (Å²) in [6.07, 6.45) is 1.72. The second-order valence-corrected chi connectivity index (χ2v) is 10.6. The highest BCUT2D eigenvalue weighted by Gasteiger charge is 2.30. The van der Waals surface area contributed by atoms with Crippen molar-refractivity contribution >= 4 is 62.3 Å². The molecule has 2 rings (SSSR count). The number of benzene rings is 2. The van der Waals surface area contributed by atoms with E-state index >= 15 is 0 Å². The van der Waals surface area contributed by atoms with Gasteiger partial charge in [0.2, 0.25) is 21.8 Å². The minimum absolute atomic E-state index is 0.0731. The second kappa shape index (κ2) is 11.9. The number of anilines is 1. The molecule has 1 atom stereocenters. The van der Waals surface area contributed by atoms with Crippen LogP contribution >= 0.6 is 34.8 Å². The normalized spacial score (nSPS) is 12.2. The fourth-order valence-electron chi connectivity index (χ4n) is 3.05. The van der Waals surface area contributed by atoms with Crippen molar-refractivity contribution in [3.05, 3.63) is 63.1 Å². The number of halogens is 3. The van der Waals surface area contributed by atoms with E-state index in [-0.39, 0.29) is 18.1 Å². The molecule has 11 heteroatoms. The lowest BCUT2D eigenvalue weighted by Crippen LogP contribution is -2.51. The van der Waals surface area contributed by atoms with Gasteiger partial charge < -0.3 is 10.2 Å². The molecule has 0 aromatic heterocycles. The summed E-state index contributed by atoms with van der Waals surface area (Å²) >= 11 is 18.5. The molecule has 0 saturated heterocycles. The Morgan fingerprint density at radius 1 is 1.03 bits per heavy atom. The highest BCUT2D eigenvalue weighted by atomic mass is 35.5. The molecule has 0 aliphatic rings. The topological polar surface area (TPSA) is 86.8 Å². The fourth-order valence-corrected chi connectivity index (χ4v) is 4.55. The third-order valence-corrected chi connectivity index (χ3v) is 7.00. The van der Waals surface area contributed by atoms with Crippen molar-refractivity contribution in [3.63, 3.8) is 0 Å². The van der Waals surface area contributed by atoms with Crippen LogP contribution in [0, 0.1) is 0 Å². The quantitative estimate of drug-likeness (QED) is 0.491. The Hall–Kier alpha value is -2.00. The average molecular weight is 535 g/mol. The second-order valence-electron chi connectivity index (χ2n) is 7.43. The Balaban J connectivity index is 2.42. The minimum atomic E-state index is -3.82. The van der Waals surface area contributed by atoms with Gasteiger partial charge in [-0.15, -0.1) is 0 Å². The van der Waals surface area contributed by atoms with Crippen LogP contribution in [0.3, 0.4) is 0 Å². The zero-order valence-electron chi connectivity index (χ0n) is 18.5. The number of nitrogens with zero attached hydrogens (tertiary/aromatic N) is 2. The van der Waals surface area contributed by atoms with Crippen LogP contribution in [0.2, 0.25) is 15.1 Å². The van der Waals surface area contributed by atoms with Gasteiger partial charge in [-0.2, -0.15) is 0 Å². The van der Waals surface area contributed by atoms with Gasteiger partial charge in [0.15, 0.2) is 0 Å². The van der Waals surface area contributed by atoms with Crippen molar-refractivity contribution in [2.24, 2.45) is 0 Å². The van der Waals surface area contributed by atoms with Gasteiger partial charge >= 0.3 is 0 Å². The molecular weight excluding hydrogens is 509 g/mol. The molecule has 1 N–H and O–H groups in total. The number of rotatable bonds is 10. The van der Waals surface area contributed by atoms with Crippen molar-refractivity contribution < 1.29 is 18.0 Å². The minimum Gasteiger partial charge on any atom is -0.354 e. The molecule has 0 saturated carbocycles. The summed E-state index contributed by atoms with van der Waals surface area (Å²) in [5.41, 5.74) is 0.732. The molecule has 2 amide bonds. The molecule has 0 unspecified atom stereocenters. The van der Waals surface area contributed by atoms with E-state index in [1.54, 1.807) is 25.1 Å². The number of hydrogen-bond donors (Lipinski definition) is 1. The summed E-state index contributed by atoms with van der Waals surface area (Å²) in [6.45, 7) is 3.33. The van der Waals surface area contributed by atoms with E-state index < -0.39 is 28.5 Å². The van der Waals surface area contributed by atoms with Crippen LogP contribution in [0.4, 0.5) is 5.69 Å². The van der Waals surface area contributed by atoms with Gasteiger partial charge in [-0.25, -0.2) is 8.42 Å². The van der Waals surface area contributed by atoms with Crippen molar-refractivity contribution in [1.29, 1.82) is 0 Å². The highest BCUT2D eigenvalue weighted by molar-refractivity contribution is 7.92. The molecule has 0 aliphatic heterocycles. The van der Waals surface area contributed by atoms with Crippen LogP contribution < -0.4 is 9.62 Å². The molecule has 0 aliphatic carbocycles. The number of carbonyl (C=O) groups is 2. The predicted octanol–water partition coefficient (Wildman–Crippen LogP) is 4.36. The third-order valence-electron chi connectivity index (χ3n) is 4.90. The summed E-state index contributed by atoms with van der Waals surface area (Å²) < 4.78 is 25.9. The molecule has 0 radical (unpaired) electrons. The standard InChI is InChI=1S/C22H26Cl3N3O4S/c1-4-12-26-22(30)15(2)27(13-18-19(24)6-5-7-20(18)25)21(29)14-28(33(3,31)32)17-10-8-16(23)9-11-17/h5-11,15H,4,12-14H2,1-3H3,(H,26,30)/t15-/m0/s1. The molecule has 0 heterocycles. The number of amides is 2. The largest absolute Gasteiger partial charge is 0.354 e. The Labute approximate surface area is 209 Å². The van der Waals surface area contributed by atoms with Crippen LogP contribution in [0.15, 0.2) is 42.5 Å². The smallest absolute Gasteiger partial charge is 0.244 e. The fraction of sp³-hybridized carbons (Fsp3) is 0.364. The van der Waals surface area contributed by atoms with Gasteiger partial charge in [-0.3, -0.25) is 13.9 Å². The highest BCUT2D eigenvalue weighted by Crippen LogP contribution is 2.27. The van der Waals surface area contributed by atoms with Crippen molar-refractivity contribution in [3.8, 4) is 0 Å².